The Labute approximate surface area is 170 Å². The molecule has 0 unspecified atom stereocenters. The average Bonchev–Trinajstić information content (AvgIpc) is 2.93. The van der Waals surface area contributed by atoms with Gasteiger partial charge >= 0.3 is 0 Å². The second kappa shape index (κ2) is 11.0. The molecule has 6 nitrogen and oxygen atoms in total. The van der Waals surface area contributed by atoms with Gasteiger partial charge in [0.25, 0.3) is 5.91 Å². The van der Waals surface area contributed by atoms with Crippen LogP contribution in [-0.2, 0) is 13.0 Å². The summed E-state index contributed by atoms with van der Waals surface area (Å²) in [6.07, 6.45) is 2.31. The first-order valence-corrected chi connectivity index (χ1v) is 7.54. The summed E-state index contributed by atoms with van der Waals surface area (Å²) in [5.41, 5.74) is 9.14. The van der Waals surface area contributed by atoms with E-state index in [0.29, 0.717) is 25.1 Å². The summed E-state index contributed by atoms with van der Waals surface area (Å²) in [6, 6.07) is 11.7. The van der Waals surface area contributed by atoms with E-state index in [2.05, 4.69) is 19.9 Å². The van der Waals surface area contributed by atoms with Gasteiger partial charge in [-0.3, -0.25) is 9.78 Å². The number of halogens is 3. The van der Waals surface area contributed by atoms with Gasteiger partial charge in [-0.05, 0) is 30.8 Å². The van der Waals surface area contributed by atoms with Gasteiger partial charge in [0.2, 0.25) is 0 Å². The Hall–Kier alpha value is -1.86. The van der Waals surface area contributed by atoms with E-state index >= 15 is 0 Å². The zero-order valence-corrected chi connectivity index (χ0v) is 16.7. The van der Waals surface area contributed by atoms with Crippen molar-refractivity contribution in [1.29, 1.82) is 0 Å². The number of nitrogens with zero attached hydrogens (tertiary/aromatic N) is 3. The van der Waals surface area contributed by atoms with E-state index in [1.54, 1.807) is 19.3 Å². The Bertz CT molecular complexity index is 836. The van der Waals surface area contributed by atoms with Gasteiger partial charge in [-0.25, -0.2) is 4.98 Å². The van der Waals surface area contributed by atoms with Crippen molar-refractivity contribution in [3.63, 3.8) is 0 Å². The largest absolute Gasteiger partial charge is 0.355 e. The van der Waals surface area contributed by atoms with E-state index in [-0.39, 0.29) is 43.1 Å². The third-order valence-corrected chi connectivity index (χ3v) is 3.74. The molecule has 1 aromatic carbocycles. The van der Waals surface area contributed by atoms with Crippen LogP contribution in [-0.4, -0.2) is 34.0 Å². The van der Waals surface area contributed by atoms with Gasteiger partial charge < -0.3 is 15.6 Å². The van der Waals surface area contributed by atoms with Crippen LogP contribution in [0, 0.1) is 0 Å². The number of benzene rings is 1. The lowest BCUT2D eigenvalue weighted by atomic mass is 10.2. The molecule has 0 bridgehead atoms. The molecular formula is C17H22Cl3N5O. The molecule has 0 aliphatic heterocycles. The summed E-state index contributed by atoms with van der Waals surface area (Å²) in [6.45, 7) is 1.15. The van der Waals surface area contributed by atoms with Gasteiger partial charge in [-0.1, -0.05) is 12.1 Å². The summed E-state index contributed by atoms with van der Waals surface area (Å²) in [5, 5.41) is 2.59. The second-order valence-corrected chi connectivity index (χ2v) is 5.26. The zero-order chi connectivity index (χ0) is 16.2. The standard InChI is InChI=1S/C17H19N5O.3ClH/c1-19-17(23)12-6-7-13(20-10-12)11-22-15-5-3-2-4-14(15)21-16(22)8-9-18;;;/h2-7,10H,8-9,11,18H2,1H3,(H,19,23);3*1H. The van der Waals surface area contributed by atoms with Crippen molar-refractivity contribution in [2.24, 2.45) is 5.73 Å². The smallest absolute Gasteiger partial charge is 0.252 e. The van der Waals surface area contributed by atoms with Crippen molar-refractivity contribution >= 4 is 54.2 Å². The molecule has 0 spiro atoms. The van der Waals surface area contributed by atoms with E-state index in [1.807, 2.05) is 30.3 Å². The van der Waals surface area contributed by atoms with Crippen LogP contribution in [0.4, 0.5) is 0 Å². The highest BCUT2D eigenvalue weighted by Gasteiger charge is 2.11. The van der Waals surface area contributed by atoms with Crippen LogP contribution >= 0.6 is 37.2 Å². The first-order chi connectivity index (χ1) is 11.2. The summed E-state index contributed by atoms with van der Waals surface area (Å²) in [4.78, 5) is 20.6. The number of nitrogens with two attached hydrogens (primary N) is 1. The van der Waals surface area contributed by atoms with Crippen molar-refractivity contribution in [1.82, 2.24) is 19.9 Å². The fourth-order valence-corrected chi connectivity index (χ4v) is 2.58. The van der Waals surface area contributed by atoms with Crippen LogP contribution in [0.2, 0.25) is 0 Å². The molecule has 3 aromatic rings. The van der Waals surface area contributed by atoms with E-state index in [1.165, 1.54) is 0 Å². The van der Waals surface area contributed by atoms with Crippen LogP contribution < -0.4 is 11.1 Å². The number of amides is 1. The highest BCUT2D eigenvalue weighted by Crippen LogP contribution is 2.17. The summed E-state index contributed by atoms with van der Waals surface area (Å²) < 4.78 is 2.13. The van der Waals surface area contributed by atoms with E-state index < -0.39 is 0 Å². The van der Waals surface area contributed by atoms with E-state index in [0.717, 1.165) is 22.6 Å². The molecule has 1 amide bonds. The first-order valence-electron chi connectivity index (χ1n) is 7.54. The lowest BCUT2D eigenvalue weighted by molar-refractivity contribution is 0.0962. The number of nitrogens with one attached hydrogen (secondary N) is 1. The average molecular weight is 419 g/mol. The number of hydrogen-bond donors (Lipinski definition) is 2. The molecule has 0 fully saturated rings. The third-order valence-electron chi connectivity index (χ3n) is 3.74. The second-order valence-electron chi connectivity index (χ2n) is 5.26. The zero-order valence-electron chi connectivity index (χ0n) is 14.2. The monoisotopic (exact) mass is 417 g/mol. The van der Waals surface area contributed by atoms with Crippen LogP contribution in [0.1, 0.15) is 21.9 Å². The molecule has 2 heterocycles. The van der Waals surface area contributed by atoms with Crippen LogP contribution in [0.15, 0.2) is 42.6 Å². The predicted molar refractivity (Wildman–Crippen MR) is 111 cm³/mol. The lowest BCUT2D eigenvalue weighted by Gasteiger charge is -2.09. The van der Waals surface area contributed by atoms with Crippen molar-refractivity contribution in [3.05, 3.63) is 59.7 Å². The molecule has 0 saturated carbocycles. The Balaban J connectivity index is 0.00000208. The molecule has 142 valence electrons. The Morgan fingerprint density at radius 2 is 1.88 bits per heavy atom. The molecule has 3 rings (SSSR count). The number of rotatable bonds is 5. The molecule has 0 atom stereocenters. The maximum atomic E-state index is 11.6. The number of para-hydroxylation sites is 2. The minimum Gasteiger partial charge on any atom is -0.355 e. The SMILES string of the molecule is CNC(=O)c1ccc(Cn2c(CCN)nc3ccccc32)nc1.Cl.Cl.Cl. The number of aromatic nitrogens is 3. The maximum Gasteiger partial charge on any atom is 0.252 e. The Morgan fingerprint density at radius 3 is 2.50 bits per heavy atom. The molecular weight excluding hydrogens is 397 g/mol. The fraction of sp³-hybridized carbons (Fsp3) is 0.235. The van der Waals surface area contributed by atoms with Crippen LogP contribution in [0.5, 0.6) is 0 Å². The molecule has 26 heavy (non-hydrogen) atoms. The van der Waals surface area contributed by atoms with Crippen LogP contribution in [0.3, 0.4) is 0 Å². The van der Waals surface area contributed by atoms with Crippen molar-refractivity contribution in [3.8, 4) is 0 Å². The quantitative estimate of drug-likeness (QED) is 0.667. The summed E-state index contributed by atoms with van der Waals surface area (Å²) in [7, 11) is 1.60. The number of carbonyl (C=O) groups is 1. The molecule has 0 aliphatic carbocycles. The number of imidazole rings is 1. The minimum absolute atomic E-state index is 0. The topological polar surface area (TPSA) is 85.8 Å². The third kappa shape index (κ3) is 5.08. The molecule has 0 saturated heterocycles. The van der Waals surface area contributed by atoms with Gasteiger partial charge in [-0.2, -0.15) is 0 Å². The predicted octanol–water partition coefficient (Wildman–Crippen LogP) is 2.61. The molecule has 0 radical (unpaired) electrons. The van der Waals surface area contributed by atoms with Crippen molar-refractivity contribution in [2.45, 2.75) is 13.0 Å². The van der Waals surface area contributed by atoms with Gasteiger partial charge in [0.05, 0.1) is 28.8 Å². The number of fused-ring (bicyclic) bond motifs is 1. The lowest BCUT2D eigenvalue weighted by Crippen LogP contribution is -2.18. The van der Waals surface area contributed by atoms with Gasteiger partial charge in [-0.15, -0.1) is 37.2 Å². The molecule has 9 heteroatoms. The van der Waals surface area contributed by atoms with Crippen LogP contribution in [0.25, 0.3) is 11.0 Å². The minimum atomic E-state index is -0.138. The maximum absolute atomic E-state index is 11.6. The highest BCUT2D eigenvalue weighted by molar-refractivity contribution is 5.93. The highest BCUT2D eigenvalue weighted by atomic mass is 35.5. The van der Waals surface area contributed by atoms with Gasteiger partial charge in [0, 0.05) is 19.7 Å². The molecule has 0 aliphatic rings. The van der Waals surface area contributed by atoms with Gasteiger partial charge in [0.1, 0.15) is 5.82 Å². The number of hydrogen-bond acceptors (Lipinski definition) is 4. The number of pyridine rings is 1. The Morgan fingerprint density at radius 1 is 1.15 bits per heavy atom. The van der Waals surface area contributed by atoms with Gasteiger partial charge in [0.15, 0.2) is 0 Å². The summed E-state index contributed by atoms with van der Waals surface area (Å²) in [5.74, 6) is 0.812. The van der Waals surface area contributed by atoms with E-state index in [4.69, 9.17) is 5.73 Å². The van der Waals surface area contributed by atoms with E-state index in [9.17, 15) is 4.79 Å². The molecule has 2 aromatic heterocycles. The molecule has 3 N–H and O–H groups in total. The first kappa shape index (κ1) is 24.1. The fourth-order valence-electron chi connectivity index (χ4n) is 2.58. The summed E-state index contributed by atoms with van der Waals surface area (Å²) >= 11 is 0. The van der Waals surface area contributed by atoms with Crippen molar-refractivity contribution in [2.75, 3.05) is 13.6 Å². The Kier molecular flexibility index (Phi) is 10.2. The number of carbonyl (C=O) groups excluding carboxylic acids is 1. The van der Waals surface area contributed by atoms with Crippen molar-refractivity contribution < 1.29 is 4.79 Å². The normalized spacial score (nSPS) is 9.62.